The van der Waals surface area contributed by atoms with Gasteiger partial charge in [0, 0.05) is 23.9 Å². The Kier molecular flexibility index (Phi) is 4.96. The number of hydrogen-bond acceptors (Lipinski definition) is 5. The molecular formula is C22H20N2O3S. The van der Waals surface area contributed by atoms with Gasteiger partial charge in [0.1, 0.15) is 10.7 Å². The summed E-state index contributed by atoms with van der Waals surface area (Å²) < 4.78 is 6.33. The van der Waals surface area contributed by atoms with Crippen molar-refractivity contribution in [3.63, 3.8) is 0 Å². The Hall–Kier alpha value is -2.99. The zero-order chi connectivity index (χ0) is 19.7. The van der Waals surface area contributed by atoms with Crippen LogP contribution < -0.4 is 5.56 Å². The van der Waals surface area contributed by atoms with Crippen LogP contribution in [-0.4, -0.2) is 22.6 Å². The molecule has 4 aromatic rings. The van der Waals surface area contributed by atoms with E-state index in [4.69, 9.17) is 0 Å². The Morgan fingerprint density at radius 1 is 1.18 bits per heavy atom. The molecule has 2 heterocycles. The smallest absolute Gasteiger partial charge is 0.305 e. The van der Waals surface area contributed by atoms with Gasteiger partial charge in [-0.05, 0) is 35.7 Å². The third kappa shape index (κ3) is 3.31. The first-order chi connectivity index (χ1) is 13.6. The number of methoxy groups -OCH3 is 1. The van der Waals surface area contributed by atoms with Gasteiger partial charge in [-0.25, -0.2) is 4.98 Å². The molecule has 2 aromatic carbocycles. The zero-order valence-electron chi connectivity index (χ0n) is 15.8. The van der Waals surface area contributed by atoms with E-state index in [1.807, 2.05) is 30.5 Å². The van der Waals surface area contributed by atoms with E-state index in [1.165, 1.54) is 23.8 Å². The molecule has 0 radical (unpaired) electrons. The van der Waals surface area contributed by atoms with E-state index in [-0.39, 0.29) is 17.9 Å². The second-order valence-corrected chi connectivity index (χ2v) is 7.55. The lowest BCUT2D eigenvalue weighted by Crippen LogP contribution is -2.24. The fraction of sp³-hybridized carbons (Fsp3) is 0.227. The first kappa shape index (κ1) is 18.4. The number of aromatic nitrogens is 2. The minimum Gasteiger partial charge on any atom is -0.469 e. The number of fused-ring (bicyclic) bond motifs is 2. The Labute approximate surface area is 166 Å². The molecule has 0 aliphatic carbocycles. The molecule has 0 saturated heterocycles. The van der Waals surface area contributed by atoms with Crippen LogP contribution in [0.3, 0.4) is 0 Å². The van der Waals surface area contributed by atoms with Crippen molar-refractivity contribution in [2.24, 2.45) is 0 Å². The van der Waals surface area contributed by atoms with E-state index in [0.717, 1.165) is 21.3 Å². The highest BCUT2D eigenvalue weighted by atomic mass is 32.1. The predicted molar refractivity (Wildman–Crippen MR) is 113 cm³/mol. The van der Waals surface area contributed by atoms with E-state index in [9.17, 15) is 9.59 Å². The summed E-state index contributed by atoms with van der Waals surface area (Å²) in [5.74, 6) is 0.390. The molecule has 5 nitrogen and oxygen atoms in total. The van der Waals surface area contributed by atoms with E-state index in [2.05, 4.69) is 34.0 Å². The Morgan fingerprint density at radius 3 is 2.75 bits per heavy atom. The van der Waals surface area contributed by atoms with Crippen LogP contribution in [-0.2, 0) is 16.1 Å². The number of rotatable bonds is 5. The number of esters is 1. The summed E-state index contributed by atoms with van der Waals surface area (Å²) in [6.07, 6.45) is 0.817. The second kappa shape index (κ2) is 7.56. The summed E-state index contributed by atoms with van der Waals surface area (Å²) in [6, 6.07) is 14.4. The van der Waals surface area contributed by atoms with Crippen molar-refractivity contribution in [3.8, 4) is 11.1 Å². The molecule has 28 heavy (non-hydrogen) atoms. The van der Waals surface area contributed by atoms with E-state index in [0.29, 0.717) is 24.2 Å². The topological polar surface area (TPSA) is 61.2 Å². The van der Waals surface area contributed by atoms with Crippen LogP contribution in [0.1, 0.15) is 18.7 Å². The van der Waals surface area contributed by atoms with Crippen molar-refractivity contribution in [2.75, 3.05) is 7.11 Å². The number of hydrogen-bond donors (Lipinski definition) is 0. The molecule has 4 rings (SSSR count). The maximum Gasteiger partial charge on any atom is 0.305 e. The number of nitrogens with zero attached hydrogens (tertiary/aromatic N) is 2. The lowest BCUT2D eigenvalue weighted by molar-refractivity contribution is -0.140. The van der Waals surface area contributed by atoms with Gasteiger partial charge in [-0.15, -0.1) is 11.3 Å². The fourth-order valence-corrected chi connectivity index (χ4v) is 4.43. The van der Waals surface area contributed by atoms with E-state index >= 15 is 0 Å². The number of thiophene rings is 1. The van der Waals surface area contributed by atoms with Gasteiger partial charge < -0.3 is 4.74 Å². The second-order valence-electron chi connectivity index (χ2n) is 6.69. The number of carbonyl (C=O) groups excluding carboxylic acids is 1. The maximum atomic E-state index is 13.2. The number of aryl methyl sites for hydroxylation is 1. The first-order valence-electron chi connectivity index (χ1n) is 9.13. The van der Waals surface area contributed by atoms with Crippen LogP contribution >= 0.6 is 11.3 Å². The Bertz CT molecular complexity index is 1240. The summed E-state index contributed by atoms with van der Waals surface area (Å²) in [4.78, 5) is 30.0. The molecule has 0 fully saturated rings. The third-order valence-electron chi connectivity index (χ3n) is 4.94. The van der Waals surface area contributed by atoms with E-state index < -0.39 is 0 Å². The van der Waals surface area contributed by atoms with Gasteiger partial charge in [-0.1, -0.05) is 36.4 Å². The van der Waals surface area contributed by atoms with Crippen LogP contribution in [0.25, 0.3) is 32.1 Å². The molecule has 0 N–H and O–H groups in total. The number of ether oxygens (including phenoxy) is 1. The van der Waals surface area contributed by atoms with Crippen molar-refractivity contribution >= 4 is 38.3 Å². The van der Waals surface area contributed by atoms with Crippen molar-refractivity contribution in [1.29, 1.82) is 0 Å². The van der Waals surface area contributed by atoms with Gasteiger partial charge in [0.05, 0.1) is 12.5 Å². The minimum absolute atomic E-state index is 0.0585. The highest BCUT2D eigenvalue weighted by molar-refractivity contribution is 7.17. The summed E-state index contributed by atoms with van der Waals surface area (Å²) in [7, 11) is 1.37. The van der Waals surface area contributed by atoms with Crippen LogP contribution in [0.2, 0.25) is 0 Å². The van der Waals surface area contributed by atoms with Crippen LogP contribution in [0.5, 0.6) is 0 Å². The van der Waals surface area contributed by atoms with Gasteiger partial charge in [0.2, 0.25) is 0 Å². The summed E-state index contributed by atoms with van der Waals surface area (Å²) in [5.41, 5.74) is 1.86. The van der Waals surface area contributed by atoms with Gasteiger partial charge in [-0.3, -0.25) is 14.2 Å². The molecule has 0 unspecified atom stereocenters. The van der Waals surface area contributed by atoms with E-state index in [1.54, 1.807) is 4.57 Å². The summed E-state index contributed by atoms with van der Waals surface area (Å²) >= 11 is 1.49. The highest BCUT2D eigenvalue weighted by Gasteiger charge is 2.16. The Morgan fingerprint density at radius 2 is 1.96 bits per heavy atom. The standard InChI is InChI=1S/C22H20N2O3S/c1-14-23-21-20(22(26)24(14)11-5-8-19(25)27-2)18(13-28-21)17-10-9-15-6-3-4-7-16(15)12-17/h3-4,6-7,9-10,12-13H,5,8,11H2,1-2H3. The molecule has 2 aromatic heterocycles. The molecular weight excluding hydrogens is 372 g/mol. The normalized spacial score (nSPS) is 11.2. The Balaban J connectivity index is 1.78. The lowest BCUT2D eigenvalue weighted by atomic mass is 10.0. The van der Waals surface area contributed by atoms with Crippen LogP contribution in [0.4, 0.5) is 0 Å². The monoisotopic (exact) mass is 392 g/mol. The molecule has 0 aliphatic rings. The molecule has 0 spiro atoms. The average molecular weight is 392 g/mol. The van der Waals surface area contributed by atoms with Crippen molar-refractivity contribution < 1.29 is 9.53 Å². The van der Waals surface area contributed by atoms with Crippen molar-refractivity contribution in [1.82, 2.24) is 9.55 Å². The van der Waals surface area contributed by atoms with Gasteiger partial charge in [-0.2, -0.15) is 0 Å². The summed E-state index contributed by atoms with van der Waals surface area (Å²) in [6.45, 7) is 2.27. The van der Waals surface area contributed by atoms with Gasteiger partial charge >= 0.3 is 5.97 Å². The highest BCUT2D eigenvalue weighted by Crippen LogP contribution is 2.32. The zero-order valence-corrected chi connectivity index (χ0v) is 16.6. The lowest BCUT2D eigenvalue weighted by Gasteiger charge is -2.10. The first-order valence-corrected chi connectivity index (χ1v) is 10.0. The van der Waals surface area contributed by atoms with Gasteiger partial charge in [0.15, 0.2) is 0 Å². The fourth-order valence-electron chi connectivity index (χ4n) is 3.44. The molecule has 0 amide bonds. The molecule has 0 atom stereocenters. The largest absolute Gasteiger partial charge is 0.469 e. The van der Waals surface area contributed by atoms with Crippen LogP contribution in [0.15, 0.2) is 52.6 Å². The summed E-state index contributed by atoms with van der Waals surface area (Å²) in [5, 5.41) is 4.95. The third-order valence-corrected chi connectivity index (χ3v) is 5.81. The number of benzene rings is 2. The number of carbonyl (C=O) groups is 1. The molecule has 0 bridgehead atoms. The maximum absolute atomic E-state index is 13.2. The molecule has 142 valence electrons. The SMILES string of the molecule is COC(=O)CCCn1c(C)nc2scc(-c3ccc4ccccc4c3)c2c1=O. The average Bonchev–Trinajstić information content (AvgIpc) is 3.13. The predicted octanol–water partition coefficient (Wildman–Crippen LogP) is 4.54. The molecule has 0 saturated carbocycles. The quantitative estimate of drug-likeness (QED) is 0.468. The van der Waals surface area contributed by atoms with Gasteiger partial charge in [0.25, 0.3) is 5.56 Å². The van der Waals surface area contributed by atoms with Crippen molar-refractivity contribution in [3.05, 3.63) is 64.0 Å². The minimum atomic E-state index is -0.271. The molecule has 6 heteroatoms. The molecule has 0 aliphatic heterocycles. The van der Waals surface area contributed by atoms with Crippen LogP contribution in [0, 0.1) is 6.92 Å². The van der Waals surface area contributed by atoms with Crippen molar-refractivity contribution in [2.45, 2.75) is 26.3 Å².